The Morgan fingerprint density at radius 1 is 0.639 bits per heavy atom. The van der Waals surface area contributed by atoms with Crippen LogP contribution in [0.15, 0.2) is 0 Å². The first-order chi connectivity index (χ1) is 17.5. The molecule has 0 aromatic heterocycles. The monoisotopic (exact) mass is 736 g/mol. The molecule has 0 heterocycles. The number of aliphatic carboxylic acids is 1. The Kier molecular flexibility index (Phi) is 35.8. The number of esters is 1. The molecule has 216 valence electrons. The molecule has 0 saturated heterocycles. The summed E-state index contributed by atoms with van der Waals surface area (Å²) >= 11 is 5.05. The summed E-state index contributed by atoms with van der Waals surface area (Å²) in [5.74, 6) is -0.692. The van der Waals surface area contributed by atoms with Crippen molar-refractivity contribution in [3.63, 3.8) is 0 Å². The predicted molar refractivity (Wildman–Crippen MR) is 173 cm³/mol. The second kappa shape index (κ2) is 33.4. The molecule has 0 radical (unpaired) electrons. The highest BCUT2D eigenvalue weighted by Gasteiger charge is 2.03. The largest absolute Gasteiger partial charge is 0.481 e. The van der Waals surface area contributed by atoms with Gasteiger partial charge in [0.2, 0.25) is 0 Å². The third-order valence-electron chi connectivity index (χ3n) is 6.35. The lowest BCUT2D eigenvalue weighted by Crippen LogP contribution is -2.03. The number of ether oxygens (including phenoxy) is 1. The lowest BCUT2D eigenvalue weighted by molar-refractivity contribution is -0.143. The van der Waals surface area contributed by atoms with Gasteiger partial charge in [-0.15, -0.1) is 0 Å². The molecule has 0 bridgehead atoms. The maximum atomic E-state index is 11.1. The molecule has 36 heavy (non-hydrogen) atoms. The molecule has 0 fully saturated rings. The number of carbonyl (C=O) groups is 2. The molecule has 0 aliphatic rings. The van der Waals surface area contributed by atoms with E-state index in [2.05, 4.69) is 52.1 Å². The molecule has 0 rings (SSSR count). The summed E-state index contributed by atoms with van der Waals surface area (Å²) in [6.45, 7) is 4.63. The van der Waals surface area contributed by atoms with Crippen LogP contribution in [0.4, 0.5) is 0 Å². The number of carboxylic acid groups (broad SMARTS) is 1. The van der Waals surface area contributed by atoms with E-state index in [-0.39, 0.29) is 5.97 Å². The van der Waals surface area contributed by atoms with Crippen molar-refractivity contribution in [3.8, 4) is 0 Å². The fourth-order valence-electron chi connectivity index (χ4n) is 4.11. The van der Waals surface area contributed by atoms with Crippen LogP contribution in [0.2, 0.25) is 0 Å². The zero-order valence-electron chi connectivity index (χ0n) is 23.7. The van der Waals surface area contributed by atoms with Crippen LogP contribution in [-0.2, 0) is 14.3 Å². The number of rotatable bonds is 26. The number of halogens is 2. The zero-order valence-corrected chi connectivity index (χ0v) is 28.0. The Morgan fingerprint density at radius 2 is 1.06 bits per heavy atom. The maximum absolute atomic E-state index is 11.1. The topological polar surface area (TPSA) is 63.6 Å². The van der Waals surface area contributed by atoms with Crippen LogP contribution >= 0.6 is 45.2 Å². The summed E-state index contributed by atoms with van der Waals surface area (Å²) in [7, 11) is 0. The second-order valence-corrected chi connectivity index (χ2v) is 12.8. The fraction of sp³-hybridized carbons (Fsp3) is 0.933. The standard InChI is InChI=1S/C16H31IO2.C14H27IO2/c1-2-3-12-15(17)13-10-8-6-4-5-7-9-11-14-16(18)19;1-2-17-14(16)12-10-8-6-4-3-5-7-9-11-13-15/h15H,2-14H2,1H3,(H,18,19);2-13H2,1H3. The van der Waals surface area contributed by atoms with Gasteiger partial charge < -0.3 is 9.84 Å². The number of unbranched alkanes of at least 4 members (excludes halogenated alkanes) is 16. The minimum absolute atomic E-state index is 0.0358. The molecule has 1 atom stereocenters. The van der Waals surface area contributed by atoms with Gasteiger partial charge >= 0.3 is 11.9 Å². The summed E-state index contributed by atoms with van der Waals surface area (Å²) in [6.07, 6.45) is 28.0. The van der Waals surface area contributed by atoms with E-state index in [1.807, 2.05) is 6.92 Å². The first kappa shape index (κ1) is 38.5. The summed E-state index contributed by atoms with van der Waals surface area (Å²) in [6, 6.07) is 0. The summed E-state index contributed by atoms with van der Waals surface area (Å²) < 4.78 is 7.07. The highest BCUT2D eigenvalue weighted by molar-refractivity contribution is 14.1. The van der Waals surface area contributed by atoms with Crippen LogP contribution in [0.3, 0.4) is 0 Å². The van der Waals surface area contributed by atoms with Gasteiger partial charge in [0, 0.05) is 16.8 Å². The van der Waals surface area contributed by atoms with Crippen LogP contribution in [0, 0.1) is 0 Å². The van der Waals surface area contributed by atoms with E-state index in [4.69, 9.17) is 9.84 Å². The number of hydrogen-bond acceptors (Lipinski definition) is 3. The zero-order chi connectivity index (χ0) is 27.1. The SMILES string of the molecule is CCCCC(I)CCCCCCCCCCC(=O)O.CCOC(=O)CCCCCCCCCCCI. The summed E-state index contributed by atoms with van der Waals surface area (Å²) in [5.41, 5.74) is 0. The number of carboxylic acids is 1. The van der Waals surface area contributed by atoms with Gasteiger partial charge in [-0.25, -0.2) is 0 Å². The molecule has 0 spiro atoms. The van der Waals surface area contributed by atoms with Gasteiger partial charge in [-0.3, -0.25) is 9.59 Å². The van der Waals surface area contributed by atoms with Crippen LogP contribution in [0.25, 0.3) is 0 Å². The molecule has 0 aliphatic carbocycles. The van der Waals surface area contributed by atoms with Crippen molar-refractivity contribution in [2.24, 2.45) is 0 Å². The Balaban J connectivity index is 0. The van der Waals surface area contributed by atoms with Crippen LogP contribution in [-0.4, -0.2) is 32.0 Å². The van der Waals surface area contributed by atoms with E-state index in [1.165, 1.54) is 120 Å². The van der Waals surface area contributed by atoms with Crippen molar-refractivity contribution in [1.82, 2.24) is 0 Å². The van der Waals surface area contributed by atoms with Crippen molar-refractivity contribution in [1.29, 1.82) is 0 Å². The highest BCUT2D eigenvalue weighted by Crippen LogP contribution is 2.19. The Bertz CT molecular complexity index is 460. The van der Waals surface area contributed by atoms with Gasteiger partial charge in [0.15, 0.2) is 0 Å². The first-order valence-electron chi connectivity index (χ1n) is 15.0. The molecular formula is C30H58I2O4. The fourth-order valence-corrected chi connectivity index (χ4v) is 5.53. The average molecular weight is 737 g/mol. The van der Waals surface area contributed by atoms with E-state index < -0.39 is 5.97 Å². The molecule has 0 amide bonds. The van der Waals surface area contributed by atoms with Gasteiger partial charge in [0.25, 0.3) is 0 Å². The average Bonchev–Trinajstić information content (AvgIpc) is 2.85. The van der Waals surface area contributed by atoms with Crippen molar-refractivity contribution in [2.75, 3.05) is 11.0 Å². The minimum atomic E-state index is -0.656. The molecular weight excluding hydrogens is 678 g/mol. The predicted octanol–water partition coefficient (Wildman–Crippen LogP) is 10.9. The summed E-state index contributed by atoms with van der Waals surface area (Å²) in [5, 5.41) is 8.51. The molecule has 0 aromatic rings. The van der Waals surface area contributed by atoms with Crippen LogP contribution < -0.4 is 0 Å². The van der Waals surface area contributed by atoms with Crippen molar-refractivity contribution < 1.29 is 19.4 Å². The van der Waals surface area contributed by atoms with Crippen LogP contribution in [0.5, 0.6) is 0 Å². The number of alkyl halides is 2. The van der Waals surface area contributed by atoms with Gasteiger partial charge in [0.05, 0.1) is 6.61 Å². The van der Waals surface area contributed by atoms with Crippen LogP contribution in [0.1, 0.15) is 162 Å². The lowest BCUT2D eigenvalue weighted by atomic mass is 10.0. The quantitative estimate of drug-likeness (QED) is 0.0416. The molecule has 6 heteroatoms. The minimum Gasteiger partial charge on any atom is -0.481 e. The van der Waals surface area contributed by atoms with Gasteiger partial charge in [-0.2, -0.15) is 0 Å². The lowest BCUT2D eigenvalue weighted by Gasteiger charge is -2.08. The molecule has 4 nitrogen and oxygen atoms in total. The van der Waals surface area contributed by atoms with Crippen molar-refractivity contribution in [3.05, 3.63) is 0 Å². The van der Waals surface area contributed by atoms with Gasteiger partial charge in [-0.05, 0) is 43.5 Å². The van der Waals surface area contributed by atoms with E-state index in [0.717, 1.165) is 23.2 Å². The molecule has 1 unspecified atom stereocenters. The Hall–Kier alpha value is 0.400. The Labute approximate surface area is 251 Å². The van der Waals surface area contributed by atoms with E-state index in [0.29, 0.717) is 19.4 Å². The van der Waals surface area contributed by atoms with Gasteiger partial charge in [-0.1, -0.05) is 155 Å². The van der Waals surface area contributed by atoms with E-state index >= 15 is 0 Å². The summed E-state index contributed by atoms with van der Waals surface area (Å²) in [4.78, 5) is 21.4. The highest BCUT2D eigenvalue weighted by atomic mass is 127. The van der Waals surface area contributed by atoms with E-state index in [9.17, 15) is 9.59 Å². The van der Waals surface area contributed by atoms with Crippen molar-refractivity contribution in [2.45, 2.75) is 165 Å². The Morgan fingerprint density at radius 3 is 1.50 bits per heavy atom. The number of hydrogen-bond donors (Lipinski definition) is 1. The third kappa shape index (κ3) is 36.6. The number of carbonyl (C=O) groups excluding carboxylic acids is 1. The van der Waals surface area contributed by atoms with Gasteiger partial charge in [0.1, 0.15) is 0 Å². The third-order valence-corrected chi connectivity index (χ3v) is 8.36. The molecule has 1 N–H and O–H groups in total. The normalized spacial score (nSPS) is 11.6. The molecule has 0 aromatic carbocycles. The molecule has 0 aliphatic heterocycles. The molecule has 0 saturated carbocycles. The van der Waals surface area contributed by atoms with Crippen molar-refractivity contribution >= 4 is 57.1 Å². The smallest absolute Gasteiger partial charge is 0.305 e. The maximum Gasteiger partial charge on any atom is 0.305 e. The second-order valence-electron chi connectivity index (χ2n) is 9.93. The van der Waals surface area contributed by atoms with E-state index in [1.54, 1.807) is 0 Å². The first-order valence-corrected chi connectivity index (χ1v) is 17.8.